The van der Waals surface area contributed by atoms with Crippen molar-refractivity contribution < 1.29 is 32.6 Å². The maximum atomic E-state index is 12.4. The van der Waals surface area contributed by atoms with Crippen molar-refractivity contribution in [1.29, 1.82) is 0 Å². The third-order valence-electron chi connectivity index (χ3n) is 3.24. The van der Waals surface area contributed by atoms with Crippen molar-refractivity contribution in [1.82, 2.24) is 15.1 Å². The molecule has 0 bridgehead atoms. The second-order valence-electron chi connectivity index (χ2n) is 4.97. The largest absolute Gasteiger partial charge is 0.479 e. The van der Waals surface area contributed by atoms with Crippen LogP contribution in [0, 0.1) is 13.8 Å². The molecule has 1 heterocycles. The normalized spacial score (nSPS) is 13.0. The Bertz CT molecular complexity index is 584. The van der Waals surface area contributed by atoms with Crippen LogP contribution in [0.4, 0.5) is 13.2 Å². The molecule has 23 heavy (non-hydrogen) atoms. The van der Waals surface area contributed by atoms with Crippen LogP contribution >= 0.6 is 0 Å². The highest BCUT2D eigenvalue weighted by atomic mass is 19.4. The lowest BCUT2D eigenvalue weighted by molar-refractivity contribution is -0.148. The number of methoxy groups -OCH3 is 1. The molecule has 0 spiro atoms. The quantitative estimate of drug-likeness (QED) is 0.768. The van der Waals surface area contributed by atoms with Crippen LogP contribution in [-0.4, -0.2) is 52.7 Å². The summed E-state index contributed by atoms with van der Waals surface area (Å²) in [5.74, 6) is -1.75. The fourth-order valence-corrected chi connectivity index (χ4v) is 2.01. The van der Waals surface area contributed by atoms with Gasteiger partial charge in [0.25, 0.3) is 0 Å². The molecule has 0 aromatic carbocycles. The molecule has 0 saturated heterocycles. The lowest BCUT2D eigenvalue weighted by Crippen LogP contribution is -2.38. The predicted molar refractivity (Wildman–Crippen MR) is 72.9 cm³/mol. The molecule has 2 N–H and O–H groups in total. The van der Waals surface area contributed by atoms with Gasteiger partial charge in [-0.15, -0.1) is 0 Å². The number of amides is 1. The minimum atomic E-state index is -4.41. The van der Waals surface area contributed by atoms with Gasteiger partial charge in [-0.1, -0.05) is 0 Å². The lowest BCUT2D eigenvalue weighted by atomic mass is 10.1. The predicted octanol–water partition coefficient (Wildman–Crippen LogP) is 0.821. The first-order chi connectivity index (χ1) is 10.5. The first-order valence-electron chi connectivity index (χ1n) is 6.67. The summed E-state index contributed by atoms with van der Waals surface area (Å²) >= 11 is 0. The van der Waals surface area contributed by atoms with E-state index in [4.69, 9.17) is 5.11 Å². The molecule has 10 heteroatoms. The van der Waals surface area contributed by atoms with Gasteiger partial charge in [0.2, 0.25) is 5.91 Å². The summed E-state index contributed by atoms with van der Waals surface area (Å²) in [6.45, 7) is 1.49. The van der Waals surface area contributed by atoms with E-state index in [1.807, 2.05) is 0 Å². The van der Waals surface area contributed by atoms with E-state index in [-0.39, 0.29) is 18.7 Å². The van der Waals surface area contributed by atoms with E-state index < -0.39 is 30.7 Å². The molecule has 130 valence electrons. The van der Waals surface area contributed by atoms with Crippen molar-refractivity contribution >= 4 is 11.9 Å². The van der Waals surface area contributed by atoms with Crippen LogP contribution in [0.1, 0.15) is 17.0 Å². The standard InChI is InChI=1S/C13H18F3N3O4/c1-7-9(8(2)19(18-7)6-13(14,15)16)4-11(20)17-5-10(23-3)12(21)22/h10H,4-6H2,1-3H3,(H,17,20)(H,21,22). The molecule has 1 unspecified atom stereocenters. The Labute approximate surface area is 130 Å². The number of alkyl halides is 3. The van der Waals surface area contributed by atoms with Crippen molar-refractivity contribution in [3.05, 3.63) is 17.0 Å². The maximum absolute atomic E-state index is 12.4. The Hall–Kier alpha value is -2.10. The van der Waals surface area contributed by atoms with E-state index in [1.165, 1.54) is 21.0 Å². The molecule has 1 amide bonds. The molecule has 0 aliphatic heterocycles. The van der Waals surface area contributed by atoms with Crippen LogP contribution in [0.5, 0.6) is 0 Å². The Morgan fingerprint density at radius 2 is 2.00 bits per heavy atom. The molecular weight excluding hydrogens is 319 g/mol. The zero-order chi connectivity index (χ0) is 17.8. The number of rotatable bonds is 7. The van der Waals surface area contributed by atoms with Gasteiger partial charge in [0.15, 0.2) is 6.10 Å². The number of halogens is 3. The van der Waals surface area contributed by atoms with Crippen LogP contribution in [0.15, 0.2) is 0 Å². The summed E-state index contributed by atoms with van der Waals surface area (Å²) in [6, 6.07) is 0. The van der Waals surface area contributed by atoms with Gasteiger partial charge in [0.05, 0.1) is 18.7 Å². The molecule has 1 atom stereocenters. The number of hydrogen-bond donors (Lipinski definition) is 2. The summed E-state index contributed by atoms with van der Waals surface area (Å²) in [5.41, 5.74) is 0.955. The SMILES string of the molecule is COC(CNC(=O)Cc1c(C)nn(CC(F)(F)F)c1C)C(=O)O. The molecular formula is C13H18F3N3O4. The molecule has 1 aromatic heterocycles. The number of carbonyl (C=O) groups is 2. The van der Waals surface area contributed by atoms with Crippen LogP contribution in [0.2, 0.25) is 0 Å². The maximum Gasteiger partial charge on any atom is 0.408 e. The van der Waals surface area contributed by atoms with Gasteiger partial charge in [0, 0.05) is 18.4 Å². The number of ether oxygens (including phenoxy) is 1. The van der Waals surface area contributed by atoms with Gasteiger partial charge < -0.3 is 15.2 Å². The fourth-order valence-electron chi connectivity index (χ4n) is 2.01. The number of carboxylic acids is 1. The number of aliphatic carboxylic acids is 1. The number of hydrogen-bond acceptors (Lipinski definition) is 4. The van der Waals surface area contributed by atoms with Gasteiger partial charge in [-0.2, -0.15) is 18.3 Å². The molecule has 0 fully saturated rings. The van der Waals surface area contributed by atoms with Crippen LogP contribution in [-0.2, 0) is 27.3 Å². The minimum absolute atomic E-state index is 0.189. The van der Waals surface area contributed by atoms with Crippen molar-refractivity contribution in [2.75, 3.05) is 13.7 Å². The first-order valence-corrected chi connectivity index (χ1v) is 6.67. The van der Waals surface area contributed by atoms with Crippen molar-refractivity contribution in [2.45, 2.75) is 39.1 Å². The van der Waals surface area contributed by atoms with E-state index in [1.54, 1.807) is 0 Å². The third kappa shape index (κ3) is 5.55. The third-order valence-corrected chi connectivity index (χ3v) is 3.24. The average Bonchev–Trinajstić information content (AvgIpc) is 2.64. The fraction of sp³-hybridized carbons (Fsp3) is 0.615. The number of nitrogens with zero attached hydrogens (tertiary/aromatic N) is 2. The molecule has 0 aliphatic rings. The Kier molecular flexibility index (Phi) is 6.13. The van der Waals surface area contributed by atoms with Gasteiger partial charge in [-0.05, 0) is 13.8 Å². The first kappa shape index (κ1) is 18.9. The summed E-state index contributed by atoms with van der Waals surface area (Å²) in [7, 11) is 1.19. The minimum Gasteiger partial charge on any atom is -0.479 e. The van der Waals surface area contributed by atoms with Gasteiger partial charge in [0.1, 0.15) is 6.54 Å². The number of nitrogens with one attached hydrogen (secondary N) is 1. The molecule has 0 radical (unpaired) electrons. The summed E-state index contributed by atoms with van der Waals surface area (Å²) in [6.07, 6.45) is -5.78. The van der Waals surface area contributed by atoms with E-state index in [9.17, 15) is 22.8 Å². The number of aromatic nitrogens is 2. The zero-order valence-corrected chi connectivity index (χ0v) is 12.9. The summed E-state index contributed by atoms with van der Waals surface area (Å²) in [4.78, 5) is 22.6. The Morgan fingerprint density at radius 3 is 2.48 bits per heavy atom. The highest BCUT2D eigenvalue weighted by Gasteiger charge is 2.30. The van der Waals surface area contributed by atoms with Crippen LogP contribution < -0.4 is 5.32 Å². The summed E-state index contributed by atoms with van der Waals surface area (Å²) in [5, 5.41) is 14.9. The number of carboxylic acid groups (broad SMARTS) is 1. The Morgan fingerprint density at radius 1 is 1.39 bits per heavy atom. The zero-order valence-electron chi connectivity index (χ0n) is 12.9. The van der Waals surface area contributed by atoms with Crippen LogP contribution in [0.3, 0.4) is 0 Å². The van der Waals surface area contributed by atoms with Crippen molar-refractivity contribution in [3.8, 4) is 0 Å². The topological polar surface area (TPSA) is 93.5 Å². The van der Waals surface area contributed by atoms with E-state index >= 15 is 0 Å². The van der Waals surface area contributed by atoms with E-state index in [0.717, 1.165) is 4.68 Å². The highest BCUT2D eigenvalue weighted by molar-refractivity contribution is 5.80. The average molecular weight is 337 g/mol. The molecule has 7 nitrogen and oxygen atoms in total. The number of carbonyl (C=O) groups excluding carboxylic acids is 1. The smallest absolute Gasteiger partial charge is 0.408 e. The molecule has 1 rings (SSSR count). The van der Waals surface area contributed by atoms with Gasteiger partial charge >= 0.3 is 12.1 Å². The molecule has 0 aliphatic carbocycles. The van der Waals surface area contributed by atoms with Crippen molar-refractivity contribution in [3.63, 3.8) is 0 Å². The molecule has 1 aromatic rings. The van der Waals surface area contributed by atoms with E-state index in [0.29, 0.717) is 11.3 Å². The monoisotopic (exact) mass is 337 g/mol. The number of aryl methyl sites for hydroxylation is 1. The van der Waals surface area contributed by atoms with E-state index in [2.05, 4.69) is 15.2 Å². The highest BCUT2D eigenvalue weighted by Crippen LogP contribution is 2.21. The lowest BCUT2D eigenvalue weighted by Gasteiger charge is -2.12. The molecule has 0 saturated carbocycles. The Balaban J connectivity index is 2.74. The second-order valence-corrected chi connectivity index (χ2v) is 4.97. The van der Waals surface area contributed by atoms with Gasteiger partial charge in [-0.25, -0.2) is 4.79 Å². The van der Waals surface area contributed by atoms with Crippen molar-refractivity contribution in [2.24, 2.45) is 0 Å². The van der Waals surface area contributed by atoms with Gasteiger partial charge in [-0.3, -0.25) is 9.48 Å². The second kappa shape index (κ2) is 7.44. The summed E-state index contributed by atoms with van der Waals surface area (Å²) < 4.78 is 42.8. The van der Waals surface area contributed by atoms with Crippen LogP contribution in [0.25, 0.3) is 0 Å².